The normalized spacial score (nSPS) is 12.2. The summed E-state index contributed by atoms with van der Waals surface area (Å²) < 4.78 is 19.2. The van der Waals surface area contributed by atoms with E-state index in [4.69, 9.17) is 4.74 Å². The standard InChI is InChI=1S/C15H16FNO2/c1-3-13(18)12-8-7-11(9-17-12)19-14-6-4-5-10(2)15(14)16/h4-9,13,18H,3H2,1-2H3/t13-/m1/s1. The molecule has 100 valence electrons. The molecule has 3 nitrogen and oxygen atoms in total. The predicted molar refractivity (Wildman–Crippen MR) is 70.7 cm³/mol. The Morgan fingerprint density at radius 2 is 2.11 bits per heavy atom. The van der Waals surface area contributed by atoms with Gasteiger partial charge in [-0.3, -0.25) is 4.98 Å². The average molecular weight is 261 g/mol. The highest BCUT2D eigenvalue weighted by atomic mass is 19.1. The predicted octanol–water partition coefficient (Wildman–Crippen LogP) is 3.76. The van der Waals surface area contributed by atoms with E-state index in [-0.39, 0.29) is 11.6 Å². The SMILES string of the molecule is CC[C@@H](O)c1ccc(Oc2cccc(C)c2F)cn1. The van der Waals surface area contributed by atoms with Crippen LogP contribution in [0.25, 0.3) is 0 Å². The second kappa shape index (κ2) is 5.80. The number of benzene rings is 1. The van der Waals surface area contributed by atoms with Crippen molar-refractivity contribution in [2.24, 2.45) is 0 Å². The number of aromatic nitrogens is 1. The smallest absolute Gasteiger partial charge is 0.168 e. The van der Waals surface area contributed by atoms with Gasteiger partial charge in [0.05, 0.1) is 18.0 Å². The van der Waals surface area contributed by atoms with Crippen LogP contribution in [0.15, 0.2) is 36.5 Å². The third-order valence-corrected chi connectivity index (χ3v) is 2.87. The van der Waals surface area contributed by atoms with E-state index in [0.717, 1.165) is 0 Å². The van der Waals surface area contributed by atoms with Crippen LogP contribution >= 0.6 is 0 Å². The number of ether oxygens (including phenoxy) is 1. The molecule has 0 saturated carbocycles. The van der Waals surface area contributed by atoms with Crippen molar-refractivity contribution in [3.05, 3.63) is 53.6 Å². The van der Waals surface area contributed by atoms with E-state index in [9.17, 15) is 9.50 Å². The van der Waals surface area contributed by atoms with E-state index < -0.39 is 6.10 Å². The van der Waals surface area contributed by atoms with Gasteiger partial charge in [0.25, 0.3) is 0 Å². The van der Waals surface area contributed by atoms with Gasteiger partial charge in [-0.2, -0.15) is 0 Å². The van der Waals surface area contributed by atoms with Gasteiger partial charge in [-0.05, 0) is 37.1 Å². The number of pyridine rings is 1. The zero-order chi connectivity index (χ0) is 13.8. The maximum absolute atomic E-state index is 13.8. The first-order valence-electron chi connectivity index (χ1n) is 6.18. The quantitative estimate of drug-likeness (QED) is 0.911. The second-order valence-corrected chi connectivity index (χ2v) is 4.33. The third-order valence-electron chi connectivity index (χ3n) is 2.87. The van der Waals surface area contributed by atoms with Crippen LogP contribution in [0.3, 0.4) is 0 Å². The minimum atomic E-state index is -0.579. The van der Waals surface area contributed by atoms with Gasteiger partial charge >= 0.3 is 0 Å². The molecule has 4 heteroatoms. The van der Waals surface area contributed by atoms with Crippen molar-refractivity contribution in [1.82, 2.24) is 4.98 Å². The zero-order valence-corrected chi connectivity index (χ0v) is 10.9. The van der Waals surface area contributed by atoms with E-state index in [0.29, 0.717) is 23.4 Å². The van der Waals surface area contributed by atoms with Gasteiger partial charge in [0.15, 0.2) is 11.6 Å². The minimum Gasteiger partial charge on any atom is -0.453 e. The number of aryl methyl sites for hydroxylation is 1. The Balaban J connectivity index is 2.18. The lowest BCUT2D eigenvalue weighted by molar-refractivity contribution is 0.169. The van der Waals surface area contributed by atoms with Crippen molar-refractivity contribution in [3.8, 4) is 11.5 Å². The molecule has 2 rings (SSSR count). The topological polar surface area (TPSA) is 42.4 Å². The van der Waals surface area contributed by atoms with Gasteiger partial charge in [0.1, 0.15) is 5.75 Å². The molecule has 0 amide bonds. The molecule has 0 bridgehead atoms. The summed E-state index contributed by atoms with van der Waals surface area (Å²) in [5.41, 5.74) is 1.11. The summed E-state index contributed by atoms with van der Waals surface area (Å²) in [4.78, 5) is 4.10. The van der Waals surface area contributed by atoms with Crippen LogP contribution in [0.5, 0.6) is 11.5 Å². The summed E-state index contributed by atoms with van der Waals surface area (Å²) in [6.45, 7) is 3.56. The molecule has 1 heterocycles. The van der Waals surface area contributed by atoms with E-state index in [2.05, 4.69) is 4.98 Å². The van der Waals surface area contributed by atoms with E-state index in [1.807, 2.05) is 6.92 Å². The van der Waals surface area contributed by atoms with Crippen molar-refractivity contribution in [2.45, 2.75) is 26.4 Å². The van der Waals surface area contributed by atoms with Crippen molar-refractivity contribution in [2.75, 3.05) is 0 Å². The number of nitrogens with zero attached hydrogens (tertiary/aromatic N) is 1. The van der Waals surface area contributed by atoms with Gasteiger partial charge in [-0.1, -0.05) is 19.1 Å². The Morgan fingerprint density at radius 3 is 2.74 bits per heavy atom. The van der Waals surface area contributed by atoms with Crippen molar-refractivity contribution < 1.29 is 14.2 Å². The molecule has 1 aromatic heterocycles. The maximum atomic E-state index is 13.8. The molecule has 19 heavy (non-hydrogen) atoms. The Morgan fingerprint density at radius 1 is 1.32 bits per heavy atom. The van der Waals surface area contributed by atoms with Gasteiger partial charge in [0, 0.05) is 0 Å². The highest BCUT2D eigenvalue weighted by Gasteiger charge is 2.09. The van der Waals surface area contributed by atoms with E-state index in [1.165, 1.54) is 6.20 Å². The molecular weight excluding hydrogens is 245 g/mol. The Bertz CT molecular complexity index is 555. The fraction of sp³-hybridized carbons (Fsp3) is 0.267. The molecule has 1 atom stereocenters. The number of halogens is 1. The molecule has 0 saturated heterocycles. The van der Waals surface area contributed by atoms with Crippen molar-refractivity contribution in [1.29, 1.82) is 0 Å². The zero-order valence-electron chi connectivity index (χ0n) is 10.9. The first-order valence-corrected chi connectivity index (χ1v) is 6.18. The molecule has 0 radical (unpaired) electrons. The summed E-state index contributed by atoms with van der Waals surface area (Å²) in [7, 11) is 0. The van der Waals surface area contributed by atoms with Crippen LogP contribution in [-0.4, -0.2) is 10.1 Å². The second-order valence-electron chi connectivity index (χ2n) is 4.33. The molecule has 2 aromatic rings. The lowest BCUT2D eigenvalue weighted by Crippen LogP contribution is -1.98. The van der Waals surface area contributed by atoms with E-state index >= 15 is 0 Å². The first kappa shape index (κ1) is 13.5. The minimum absolute atomic E-state index is 0.172. The molecule has 1 N–H and O–H groups in total. The first-order chi connectivity index (χ1) is 9.11. The highest BCUT2D eigenvalue weighted by Crippen LogP contribution is 2.26. The molecule has 0 unspecified atom stereocenters. The summed E-state index contributed by atoms with van der Waals surface area (Å²) in [5, 5.41) is 9.63. The number of aliphatic hydroxyl groups is 1. The lowest BCUT2D eigenvalue weighted by Gasteiger charge is -2.10. The number of aliphatic hydroxyl groups excluding tert-OH is 1. The highest BCUT2D eigenvalue weighted by molar-refractivity contribution is 5.34. The molecule has 0 aliphatic carbocycles. The van der Waals surface area contributed by atoms with Crippen molar-refractivity contribution >= 4 is 0 Å². The Kier molecular flexibility index (Phi) is 4.12. The number of hydrogen-bond acceptors (Lipinski definition) is 3. The Hall–Kier alpha value is -1.94. The van der Waals surface area contributed by atoms with Crippen LogP contribution < -0.4 is 4.74 Å². The number of hydrogen-bond donors (Lipinski definition) is 1. The summed E-state index contributed by atoms with van der Waals surface area (Å²) in [6.07, 6.45) is 1.50. The lowest BCUT2D eigenvalue weighted by atomic mass is 10.2. The van der Waals surface area contributed by atoms with Gasteiger partial charge in [-0.25, -0.2) is 4.39 Å². The van der Waals surface area contributed by atoms with E-state index in [1.54, 1.807) is 37.3 Å². The maximum Gasteiger partial charge on any atom is 0.168 e. The van der Waals surface area contributed by atoms with Crippen LogP contribution in [0.2, 0.25) is 0 Å². The largest absolute Gasteiger partial charge is 0.453 e. The van der Waals surface area contributed by atoms with Crippen LogP contribution in [-0.2, 0) is 0 Å². The summed E-state index contributed by atoms with van der Waals surface area (Å²) >= 11 is 0. The number of rotatable bonds is 4. The fourth-order valence-electron chi connectivity index (χ4n) is 1.68. The molecular formula is C15H16FNO2. The monoisotopic (exact) mass is 261 g/mol. The van der Waals surface area contributed by atoms with Gasteiger partial charge in [-0.15, -0.1) is 0 Å². The third kappa shape index (κ3) is 3.09. The summed E-state index contributed by atoms with van der Waals surface area (Å²) in [5.74, 6) is 0.238. The van der Waals surface area contributed by atoms with Crippen molar-refractivity contribution in [3.63, 3.8) is 0 Å². The molecule has 0 aliphatic heterocycles. The van der Waals surface area contributed by atoms with Gasteiger partial charge < -0.3 is 9.84 Å². The van der Waals surface area contributed by atoms with Crippen LogP contribution in [0.1, 0.15) is 30.7 Å². The molecule has 1 aromatic carbocycles. The Labute approximate surface area is 111 Å². The average Bonchev–Trinajstić information content (AvgIpc) is 2.44. The molecule has 0 spiro atoms. The van der Waals surface area contributed by atoms with Crippen LogP contribution in [0.4, 0.5) is 4.39 Å². The van der Waals surface area contributed by atoms with Crippen LogP contribution in [0, 0.1) is 12.7 Å². The molecule has 0 aliphatic rings. The molecule has 0 fully saturated rings. The fourth-order valence-corrected chi connectivity index (χ4v) is 1.68. The summed E-state index contributed by atoms with van der Waals surface area (Å²) in [6, 6.07) is 8.33. The van der Waals surface area contributed by atoms with Gasteiger partial charge in [0.2, 0.25) is 0 Å².